The van der Waals surface area contributed by atoms with Crippen molar-refractivity contribution in [1.82, 2.24) is 10.2 Å². The minimum Gasteiger partial charge on any atom is -0.481 e. The fraction of sp³-hybridized carbons (Fsp3) is 0.611. The highest BCUT2D eigenvalue weighted by Gasteiger charge is 2.24. The molecule has 1 atom stereocenters. The summed E-state index contributed by atoms with van der Waals surface area (Å²) >= 11 is 6.00. The molecule has 0 aromatic heterocycles. The van der Waals surface area contributed by atoms with Gasteiger partial charge in [0.2, 0.25) is 0 Å². The summed E-state index contributed by atoms with van der Waals surface area (Å²) in [7, 11) is 0. The Bertz CT molecular complexity index is 540. The molecule has 1 aromatic rings. The number of benzene rings is 1. The molecule has 1 fully saturated rings. The zero-order valence-electron chi connectivity index (χ0n) is 14.4. The van der Waals surface area contributed by atoms with Crippen LogP contribution >= 0.6 is 11.6 Å². The Morgan fingerprint density at radius 1 is 1.30 bits per heavy atom. The summed E-state index contributed by atoms with van der Waals surface area (Å²) in [6, 6.07) is 6.25. The van der Waals surface area contributed by atoms with Gasteiger partial charge in [0.25, 0.3) is 5.91 Å². The molecule has 1 aromatic carbocycles. The maximum atomic E-state index is 12.3. The van der Waals surface area contributed by atoms with Crippen LogP contribution in [0.5, 0.6) is 5.75 Å². The third-order valence-electron chi connectivity index (χ3n) is 4.42. The third-order valence-corrected chi connectivity index (χ3v) is 4.84. The molecule has 2 rings (SSSR count). The first-order valence-corrected chi connectivity index (χ1v) is 8.72. The number of carbonyl (C=O) groups excluding carboxylic acids is 1. The molecule has 1 heterocycles. The number of rotatable bonds is 5. The highest BCUT2D eigenvalue weighted by Crippen LogP contribution is 2.22. The van der Waals surface area contributed by atoms with Gasteiger partial charge in [-0.3, -0.25) is 4.79 Å². The van der Waals surface area contributed by atoms with E-state index in [0.717, 1.165) is 31.5 Å². The van der Waals surface area contributed by atoms with E-state index in [4.69, 9.17) is 16.3 Å². The molecule has 1 aliphatic heterocycles. The molecule has 1 aliphatic rings. The van der Waals surface area contributed by atoms with Crippen LogP contribution in [-0.4, -0.2) is 42.1 Å². The number of halogens is 1. The maximum Gasteiger partial charge on any atom is 0.260 e. The molecule has 1 saturated heterocycles. The Morgan fingerprint density at radius 3 is 2.52 bits per heavy atom. The van der Waals surface area contributed by atoms with Crippen LogP contribution in [0.2, 0.25) is 5.02 Å². The Kier molecular flexibility index (Phi) is 6.31. The van der Waals surface area contributed by atoms with Crippen LogP contribution < -0.4 is 10.1 Å². The van der Waals surface area contributed by atoms with Gasteiger partial charge < -0.3 is 15.0 Å². The Balaban J connectivity index is 1.82. The van der Waals surface area contributed by atoms with Crippen LogP contribution in [0.3, 0.4) is 0 Å². The van der Waals surface area contributed by atoms with Crippen LogP contribution in [0.15, 0.2) is 18.2 Å². The second kappa shape index (κ2) is 8.02. The predicted octanol–water partition coefficient (Wildman–Crippen LogP) is 3.40. The summed E-state index contributed by atoms with van der Waals surface area (Å²) < 4.78 is 5.73. The van der Waals surface area contributed by atoms with Crippen molar-refractivity contribution in [3.8, 4) is 5.75 Å². The Hall–Kier alpha value is -1.26. The number of likely N-dealkylation sites (tertiary alicyclic amines) is 1. The van der Waals surface area contributed by atoms with Crippen LogP contribution in [0, 0.1) is 6.92 Å². The molecule has 0 saturated carbocycles. The summed E-state index contributed by atoms with van der Waals surface area (Å²) in [6.45, 7) is 10.2. The molecular formula is C18H27ClN2O2. The highest BCUT2D eigenvalue weighted by molar-refractivity contribution is 6.31. The van der Waals surface area contributed by atoms with Crippen LogP contribution in [-0.2, 0) is 4.79 Å². The predicted molar refractivity (Wildman–Crippen MR) is 94.2 cm³/mol. The average molecular weight is 339 g/mol. The second-order valence-corrected chi connectivity index (χ2v) is 6.99. The van der Waals surface area contributed by atoms with Gasteiger partial charge in [0.1, 0.15) is 5.75 Å². The van der Waals surface area contributed by atoms with Gasteiger partial charge in [0, 0.05) is 30.2 Å². The smallest absolute Gasteiger partial charge is 0.260 e. The van der Waals surface area contributed by atoms with E-state index in [1.165, 1.54) is 0 Å². The summed E-state index contributed by atoms with van der Waals surface area (Å²) in [5.74, 6) is 0.616. The topological polar surface area (TPSA) is 41.6 Å². The van der Waals surface area contributed by atoms with Gasteiger partial charge in [0.05, 0.1) is 0 Å². The lowest BCUT2D eigenvalue weighted by Crippen LogP contribution is -2.49. The number of carbonyl (C=O) groups is 1. The molecule has 4 nitrogen and oxygen atoms in total. The molecule has 23 heavy (non-hydrogen) atoms. The van der Waals surface area contributed by atoms with Gasteiger partial charge in [0.15, 0.2) is 6.10 Å². The largest absolute Gasteiger partial charge is 0.481 e. The van der Waals surface area contributed by atoms with Gasteiger partial charge in [-0.2, -0.15) is 0 Å². The van der Waals surface area contributed by atoms with Crippen molar-refractivity contribution < 1.29 is 9.53 Å². The molecule has 0 aliphatic carbocycles. The summed E-state index contributed by atoms with van der Waals surface area (Å²) in [4.78, 5) is 14.8. The van der Waals surface area contributed by atoms with Crippen LogP contribution in [0.25, 0.3) is 0 Å². The van der Waals surface area contributed by atoms with Crippen molar-refractivity contribution in [3.63, 3.8) is 0 Å². The first-order chi connectivity index (χ1) is 10.9. The van der Waals surface area contributed by atoms with Gasteiger partial charge in [-0.1, -0.05) is 11.6 Å². The molecule has 128 valence electrons. The lowest BCUT2D eigenvalue weighted by molar-refractivity contribution is -0.128. The first-order valence-electron chi connectivity index (χ1n) is 8.34. The van der Waals surface area contributed by atoms with Gasteiger partial charge >= 0.3 is 0 Å². The monoisotopic (exact) mass is 338 g/mol. The van der Waals surface area contributed by atoms with E-state index in [2.05, 4.69) is 24.1 Å². The van der Waals surface area contributed by atoms with Gasteiger partial charge in [-0.25, -0.2) is 0 Å². The van der Waals surface area contributed by atoms with Crippen molar-refractivity contribution in [3.05, 3.63) is 28.8 Å². The zero-order valence-corrected chi connectivity index (χ0v) is 15.2. The van der Waals surface area contributed by atoms with E-state index in [-0.39, 0.29) is 11.9 Å². The van der Waals surface area contributed by atoms with Crippen LogP contribution in [0.4, 0.5) is 0 Å². The molecule has 5 heteroatoms. The van der Waals surface area contributed by atoms with E-state index in [0.29, 0.717) is 16.8 Å². The number of amides is 1. The lowest BCUT2D eigenvalue weighted by Gasteiger charge is -2.35. The standard InChI is InChI=1S/C18H27ClN2O2/c1-12(2)21-9-7-15(8-10-21)20-18(22)14(4)23-16-5-6-17(19)13(3)11-16/h5-6,11-12,14-15H,7-10H2,1-4H3,(H,20,22)/t14-/m0/s1. The molecule has 0 bridgehead atoms. The lowest BCUT2D eigenvalue weighted by atomic mass is 10.0. The first kappa shape index (κ1) is 18.1. The van der Waals surface area contributed by atoms with E-state index in [1.54, 1.807) is 19.1 Å². The number of hydrogen-bond donors (Lipinski definition) is 1. The minimum absolute atomic E-state index is 0.0550. The molecule has 1 N–H and O–H groups in total. The third kappa shape index (κ3) is 5.11. The van der Waals surface area contributed by atoms with Crippen molar-refractivity contribution >= 4 is 17.5 Å². The fourth-order valence-electron chi connectivity index (χ4n) is 2.83. The van der Waals surface area contributed by atoms with E-state index >= 15 is 0 Å². The van der Waals surface area contributed by atoms with Crippen molar-refractivity contribution in [2.45, 2.75) is 58.7 Å². The quantitative estimate of drug-likeness (QED) is 0.894. The van der Waals surface area contributed by atoms with E-state index < -0.39 is 6.10 Å². The summed E-state index contributed by atoms with van der Waals surface area (Å²) in [5.41, 5.74) is 0.942. The fourth-order valence-corrected chi connectivity index (χ4v) is 2.94. The van der Waals surface area contributed by atoms with Crippen molar-refractivity contribution in [2.24, 2.45) is 0 Å². The SMILES string of the molecule is Cc1cc(O[C@@H](C)C(=O)NC2CCN(C(C)C)CC2)ccc1Cl. The summed E-state index contributed by atoms with van der Waals surface area (Å²) in [5, 5.41) is 3.81. The minimum atomic E-state index is -0.515. The molecule has 1 amide bonds. The van der Waals surface area contributed by atoms with Crippen LogP contribution in [0.1, 0.15) is 39.2 Å². The second-order valence-electron chi connectivity index (χ2n) is 6.58. The van der Waals surface area contributed by atoms with Gasteiger partial charge in [-0.05, 0) is 64.3 Å². The molecule has 0 radical (unpaired) electrons. The van der Waals surface area contributed by atoms with Crippen molar-refractivity contribution in [1.29, 1.82) is 0 Å². The molecule has 0 unspecified atom stereocenters. The number of hydrogen-bond acceptors (Lipinski definition) is 3. The zero-order chi connectivity index (χ0) is 17.0. The molecular weight excluding hydrogens is 312 g/mol. The number of aryl methyl sites for hydroxylation is 1. The number of piperidine rings is 1. The molecule has 0 spiro atoms. The summed E-state index contributed by atoms with van der Waals surface area (Å²) in [6.07, 6.45) is 1.48. The highest BCUT2D eigenvalue weighted by atomic mass is 35.5. The van der Waals surface area contributed by atoms with Gasteiger partial charge in [-0.15, -0.1) is 0 Å². The van der Waals surface area contributed by atoms with E-state index in [1.807, 2.05) is 13.0 Å². The Labute approximate surface area is 144 Å². The number of nitrogens with one attached hydrogen (secondary N) is 1. The average Bonchev–Trinajstić information content (AvgIpc) is 2.51. The Morgan fingerprint density at radius 2 is 1.96 bits per heavy atom. The number of ether oxygens (including phenoxy) is 1. The van der Waals surface area contributed by atoms with E-state index in [9.17, 15) is 4.79 Å². The maximum absolute atomic E-state index is 12.3. The van der Waals surface area contributed by atoms with Crippen molar-refractivity contribution in [2.75, 3.05) is 13.1 Å². The normalized spacial score (nSPS) is 18.0. The number of nitrogens with zero attached hydrogens (tertiary/aromatic N) is 1.